The number of benzene rings is 3. The highest BCUT2D eigenvalue weighted by Crippen LogP contribution is 2.22. The van der Waals surface area contributed by atoms with Crippen molar-refractivity contribution in [3.8, 4) is 0 Å². The van der Waals surface area contributed by atoms with Crippen molar-refractivity contribution in [2.24, 2.45) is 0 Å². The van der Waals surface area contributed by atoms with E-state index in [1.54, 1.807) is 36.4 Å². The predicted molar refractivity (Wildman–Crippen MR) is 128 cm³/mol. The Kier molecular flexibility index (Phi) is 6.26. The van der Waals surface area contributed by atoms with Crippen LogP contribution in [-0.2, 0) is 29.5 Å². The molecule has 0 spiro atoms. The Hall–Kier alpha value is -3.22. The van der Waals surface area contributed by atoms with E-state index in [2.05, 4.69) is 11.9 Å². The van der Waals surface area contributed by atoms with Gasteiger partial charge < -0.3 is 4.98 Å². The predicted octanol–water partition coefficient (Wildman–Crippen LogP) is 4.79. The molecule has 0 radical (unpaired) electrons. The van der Waals surface area contributed by atoms with E-state index in [0.29, 0.717) is 5.56 Å². The first kappa shape index (κ1) is 22.0. The van der Waals surface area contributed by atoms with Gasteiger partial charge in [0.15, 0.2) is 0 Å². The van der Waals surface area contributed by atoms with Gasteiger partial charge in [0.2, 0.25) is 10.0 Å². The average Bonchev–Trinajstić information content (AvgIpc) is 2.80. The van der Waals surface area contributed by atoms with Crippen molar-refractivity contribution in [1.29, 1.82) is 0 Å². The van der Waals surface area contributed by atoms with Gasteiger partial charge in [-0.05, 0) is 60.2 Å². The van der Waals surface area contributed by atoms with Crippen molar-refractivity contribution in [3.63, 3.8) is 0 Å². The third kappa shape index (κ3) is 4.66. The number of sulfonamides is 1. The Morgan fingerprint density at radius 3 is 2.22 bits per heavy atom. The summed E-state index contributed by atoms with van der Waals surface area (Å²) in [4.78, 5) is 15.9. The molecule has 32 heavy (non-hydrogen) atoms. The van der Waals surface area contributed by atoms with Crippen molar-refractivity contribution in [3.05, 3.63) is 111 Å². The van der Waals surface area contributed by atoms with E-state index < -0.39 is 10.0 Å². The minimum atomic E-state index is -3.81. The molecule has 0 saturated heterocycles. The maximum absolute atomic E-state index is 13.5. The number of pyridine rings is 1. The van der Waals surface area contributed by atoms with Crippen molar-refractivity contribution in [2.45, 2.75) is 38.3 Å². The minimum Gasteiger partial charge on any atom is -0.322 e. The third-order valence-electron chi connectivity index (χ3n) is 5.60. The second-order valence-corrected chi connectivity index (χ2v) is 9.91. The van der Waals surface area contributed by atoms with Crippen molar-refractivity contribution >= 4 is 20.9 Å². The van der Waals surface area contributed by atoms with Gasteiger partial charge in [0.25, 0.3) is 5.56 Å². The zero-order chi connectivity index (χ0) is 22.7. The first-order valence-corrected chi connectivity index (χ1v) is 12.1. The molecule has 164 valence electrons. The molecule has 0 bridgehead atoms. The molecule has 0 aliphatic carbocycles. The lowest BCUT2D eigenvalue weighted by atomic mass is 10.1. The molecule has 5 nitrogen and oxygen atoms in total. The molecule has 0 unspecified atom stereocenters. The van der Waals surface area contributed by atoms with Gasteiger partial charge in [-0.2, -0.15) is 4.31 Å². The lowest BCUT2D eigenvalue weighted by Crippen LogP contribution is -2.32. The second-order valence-electron chi connectivity index (χ2n) is 7.97. The van der Waals surface area contributed by atoms with Gasteiger partial charge >= 0.3 is 0 Å². The molecule has 0 aliphatic rings. The second kappa shape index (κ2) is 9.10. The summed E-state index contributed by atoms with van der Waals surface area (Å²) in [6.07, 6.45) is 0.881. The molecule has 3 aromatic carbocycles. The van der Waals surface area contributed by atoms with Crippen molar-refractivity contribution in [2.75, 3.05) is 0 Å². The third-order valence-corrected chi connectivity index (χ3v) is 7.41. The van der Waals surface area contributed by atoms with Gasteiger partial charge in [-0.25, -0.2) is 8.42 Å². The molecule has 0 atom stereocenters. The van der Waals surface area contributed by atoms with Crippen molar-refractivity contribution in [1.82, 2.24) is 9.29 Å². The van der Waals surface area contributed by atoms with Crippen LogP contribution in [0, 0.1) is 6.92 Å². The number of aromatic nitrogens is 1. The maximum Gasteiger partial charge on any atom is 0.252 e. The molecule has 0 aliphatic heterocycles. The van der Waals surface area contributed by atoms with Crippen LogP contribution in [0.4, 0.5) is 0 Å². The van der Waals surface area contributed by atoms with Gasteiger partial charge in [0, 0.05) is 24.2 Å². The Balaban J connectivity index is 1.77. The zero-order valence-electron chi connectivity index (χ0n) is 18.2. The molecule has 4 aromatic rings. The van der Waals surface area contributed by atoms with Gasteiger partial charge in [-0.1, -0.05) is 61.0 Å². The molecule has 1 heterocycles. The van der Waals surface area contributed by atoms with Gasteiger partial charge in [0.05, 0.1) is 4.90 Å². The van der Waals surface area contributed by atoms with Crippen LogP contribution >= 0.6 is 0 Å². The summed E-state index contributed by atoms with van der Waals surface area (Å²) >= 11 is 0. The first-order chi connectivity index (χ1) is 15.4. The molecule has 0 amide bonds. The average molecular weight is 447 g/mol. The normalized spacial score (nSPS) is 11.8. The Morgan fingerprint density at radius 1 is 0.844 bits per heavy atom. The van der Waals surface area contributed by atoms with Crippen LogP contribution in [0.15, 0.2) is 88.6 Å². The van der Waals surface area contributed by atoms with Crippen LogP contribution in [0.1, 0.15) is 29.2 Å². The van der Waals surface area contributed by atoms with E-state index >= 15 is 0 Å². The quantitative estimate of drug-likeness (QED) is 0.444. The molecular weight excluding hydrogens is 420 g/mol. The number of rotatable bonds is 7. The van der Waals surface area contributed by atoms with Crippen LogP contribution in [0.3, 0.4) is 0 Å². The summed E-state index contributed by atoms with van der Waals surface area (Å²) in [5, 5.41) is 0.895. The van der Waals surface area contributed by atoms with E-state index in [4.69, 9.17) is 0 Å². The highest BCUT2D eigenvalue weighted by atomic mass is 32.2. The molecule has 6 heteroatoms. The molecule has 0 fully saturated rings. The summed E-state index contributed by atoms with van der Waals surface area (Å²) in [5.41, 5.74) is 4.00. The summed E-state index contributed by atoms with van der Waals surface area (Å²) < 4.78 is 28.4. The number of nitrogens with one attached hydrogen (secondary N) is 1. The summed E-state index contributed by atoms with van der Waals surface area (Å²) in [6.45, 7) is 4.21. The Labute approximate surface area is 188 Å². The monoisotopic (exact) mass is 446 g/mol. The van der Waals surface area contributed by atoms with Crippen LogP contribution in [-0.4, -0.2) is 17.7 Å². The fourth-order valence-corrected chi connectivity index (χ4v) is 5.12. The number of aromatic amines is 1. The molecular formula is C26H26N2O3S. The number of H-pyrrole nitrogens is 1. The number of hydrogen-bond acceptors (Lipinski definition) is 3. The zero-order valence-corrected chi connectivity index (χ0v) is 19.0. The lowest BCUT2D eigenvalue weighted by Gasteiger charge is -2.22. The molecule has 1 N–H and O–H groups in total. The topological polar surface area (TPSA) is 70.2 Å². The van der Waals surface area contributed by atoms with Crippen molar-refractivity contribution < 1.29 is 8.42 Å². The van der Waals surface area contributed by atoms with Gasteiger partial charge in [0.1, 0.15) is 0 Å². The summed E-state index contributed by atoms with van der Waals surface area (Å²) in [7, 11) is -3.81. The number of nitrogens with zero attached hydrogens (tertiary/aromatic N) is 1. The van der Waals surface area contributed by atoms with Gasteiger partial charge in [-0.3, -0.25) is 4.79 Å². The standard InChI is InChI=1S/C26H26N2O3S/c1-3-20-13-14-25-22(15-20)16-23(26(29)27-25)18-28(17-21-11-9-19(2)10-12-21)32(30,31)24-7-5-4-6-8-24/h4-16H,3,17-18H2,1-2H3,(H,27,29). The van der Waals surface area contributed by atoms with E-state index in [1.165, 1.54) is 4.31 Å². The van der Waals surface area contributed by atoms with Gasteiger partial charge in [-0.15, -0.1) is 0 Å². The van der Waals surface area contributed by atoms with E-state index in [9.17, 15) is 13.2 Å². The van der Waals surface area contributed by atoms with Crippen LogP contribution < -0.4 is 5.56 Å². The number of hydrogen-bond donors (Lipinski definition) is 1. The van der Waals surface area contributed by atoms with E-state index in [1.807, 2.05) is 49.4 Å². The Morgan fingerprint density at radius 2 is 1.53 bits per heavy atom. The smallest absolute Gasteiger partial charge is 0.252 e. The molecule has 1 aromatic heterocycles. The fraction of sp³-hybridized carbons (Fsp3) is 0.192. The Bertz CT molecular complexity index is 1390. The maximum atomic E-state index is 13.5. The van der Waals surface area contributed by atoms with Crippen LogP contribution in [0.25, 0.3) is 10.9 Å². The fourth-order valence-electron chi connectivity index (χ4n) is 3.69. The molecule has 0 saturated carbocycles. The van der Waals surface area contributed by atoms with Crippen LogP contribution in [0.5, 0.6) is 0 Å². The summed E-state index contributed by atoms with van der Waals surface area (Å²) in [5.74, 6) is 0. The van der Waals surface area contributed by atoms with E-state index in [-0.39, 0.29) is 23.5 Å². The SMILES string of the molecule is CCc1ccc2[nH]c(=O)c(CN(Cc3ccc(C)cc3)S(=O)(=O)c3ccccc3)cc2c1. The molecule has 4 rings (SSSR count). The largest absolute Gasteiger partial charge is 0.322 e. The minimum absolute atomic E-state index is 0.0211. The lowest BCUT2D eigenvalue weighted by molar-refractivity contribution is 0.400. The first-order valence-electron chi connectivity index (χ1n) is 10.6. The highest BCUT2D eigenvalue weighted by molar-refractivity contribution is 7.89. The van der Waals surface area contributed by atoms with Crippen LogP contribution in [0.2, 0.25) is 0 Å². The highest BCUT2D eigenvalue weighted by Gasteiger charge is 2.26. The number of fused-ring (bicyclic) bond motifs is 1. The van der Waals surface area contributed by atoms with E-state index in [0.717, 1.165) is 34.0 Å². The summed E-state index contributed by atoms with van der Waals surface area (Å²) in [6, 6.07) is 23.8. The number of aryl methyl sites for hydroxylation is 2.